The van der Waals surface area contributed by atoms with E-state index in [0.717, 1.165) is 13.1 Å². The molecule has 0 aliphatic carbocycles. The molecule has 0 unspecified atom stereocenters. The van der Waals surface area contributed by atoms with Crippen LogP contribution >= 0.6 is 0 Å². The first kappa shape index (κ1) is 8.13. The van der Waals surface area contributed by atoms with Gasteiger partial charge in [0.05, 0.1) is 0 Å². The van der Waals surface area contributed by atoms with Crippen molar-refractivity contribution in [3.05, 3.63) is 0 Å². The fourth-order valence-electron chi connectivity index (χ4n) is 1.32. The van der Waals surface area contributed by atoms with Crippen LogP contribution in [0.1, 0.15) is 19.3 Å². The third kappa shape index (κ3) is 1.98. The minimum absolute atomic E-state index is 0.588. The molecule has 0 bridgehead atoms. The number of guanidine groups is 1. The molecule has 5 nitrogen and oxygen atoms in total. The van der Waals surface area contributed by atoms with Crippen molar-refractivity contribution in [3.63, 3.8) is 0 Å². The van der Waals surface area contributed by atoms with Crippen molar-refractivity contribution in [1.82, 2.24) is 10.3 Å². The van der Waals surface area contributed by atoms with E-state index < -0.39 is 0 Å². The molecule has 64 valence electrons. The molecule has 5 heteroatoms. The Hall–Kier alpha value is -0.970. The van der Waals surface area contributed by atoms with Crippen molar-refractivity contribution in [1.29, 1.82) is 0 Å². The van der Waals surface area contributed by atoms with E-state index in [9.17, 15) is 0 Å². The van der Waals surface area contributed by atoms with Crippen molar-refractivity contribution >= 4 is 5.96 Å². The summed E-state index contributed by atoms with van der Waals surface area (Å²) in [6.07, 6.45) is 3.68. The second-order valence-electron chi connectivity index (χ2n) is 2.64. The van der Waals surface area contributed by atoms with E-state index in [1.165, 1.54) is 19.3 Å². The van der Waals surface area contributed by atoms with Crippen molar-refractivity contribution in [2.24, 2.45) is 16.8 Å². The van der Waals surface area contributed by atoms with Crippen LogP contribution in [-0.4, -0.2) is 23.9 Å². The smallest absolute Gasteiger partial charge is 0.230 e. The molecular weight excluding hydrogens is 142 g/mol. The Bertz CT molecular complexity index is 138. The summed E-state index contributed by atoms with van der Waals surface area (Å²) in [5.41, 5.74) is 2.47. The molecule has 0 atom stereocenters. The van der Waals surface area contributed by atoms with Crippen LogP contribution in [0.25, 0.3) is 0 Å². The second kappa shape index (κ2) is 4.02. The summed E-state index contributed by atoms with van der Waals surface area (Å²) in [6.45, 7) is 2.00. The fraction of sp³-hybridized carbons (Fsp3) is 0.833. The van der Waals surface area contributed by atoms with Gasteiger partial charge in [-0.05, 0) is 19.3 Å². The average Bonchev–Trinajstić information content (AvgIpc) is 2.09. The molecule has 1 aliphatic heterocycles. The van der Waals surface area contributed by atoms with E-state index in [2.05, 4.69) is 15.4 Å². The van der Waals surface area contributed by atoms with Crippen LogP contribution in [0.5, 0.6) is 0 Å². The first-order chi connectivity index (χ1) is 5.38. The molecule has 1 heterocycles. The largest absolute Gasteiger partial charge is 0.340 e. The molecule has 0 aromatic heterocycles. The number of hydrazone groups is 1. The maximum absolute atomic E-state index is 5.21. The van der Waals surface area contributed by atoms with E-state index in [-0.39, 0.29) is 0 Å². The van der Waals surface area contributed by atoms with Gasteiger partial charge in [0.1, 0.15) is 0 Å². The van der Waals surface area contributed by atoms with Gasteiger partial charge in [-0.2, -0.15) is 0 Å². The maximum Gasteiger partial charge on any atom is 0.230 e. The summed E-state index contributed by atoms with van der Waals surface area (Å²) >= 11 is 0. The lowest BCUT2D eigenvalue weighted by molar-refractivity contribution is 0.331. The van der Waals surface area contributed by atoms with Crippen LogP contribution in [0.2, 0.25) is 0 Å². The number of piperidine rings is 1. The maximum atomic E-state index is 5.21. The molecule has 1 rings (SSSR count). The summed E-state index contributed by atoms with van der Waals surface area (Å²) < 4.78 is 0. The van der Waals surface area contributed by atoms with Gasteiger partial charge in [0.2, 0.25) is 5.96 Å². The van der Waals surface area contributed by atoms with E-state index >= 15 is 0 Å². The highest BCUT2D eigenvalue weighted by molar-refractivity contribution is 5.79. The average molecular weight is 157 g/mol. The molecule has 5 N–H and O–H groups in total. The Balaban J connectivity index is 2.43. The number of hydrogen-bond acceptors (Lipinski definition) is 3. The summed E-state index contributed by atoms with van der Waals surface area (Å²) in [4.78, 5) is 2.06. The number of nitrogens with one attached hydrogen (secondary N) is 1. The zero-order chi connectivity index (χ0) is 8.10. The molecule has 0 amide bonds. The van der Waals surface area contributed by atoms with Crippen LogP contribution in [-0.2, 0) is 0 Å². The molecule has 1 fully saturated rings. The minimum atomic E-state index is 0.588. The fourth-order valence-corrected chi connectivity index (χ4v) is 1.32. The number of likely N-dealkylation sites (tertiary alicyclic amines) is 1. The van der Waals surface area contributed by atoms with Crippen molar-refractivity contribution < 1.29 is 0 Å². The Labute approximate surface area is 66.4 Å². The van der Waals surface area contributed by atoms with Crippen LogP contribution in [0.15, 0.2) is 5.10 Å². The lowest BCUT2D eigenvalue weighted by atomic mass is 10.1. The highest BCUT2D eigenvalue weighted by Gasteiger charge is 2.12. The Morgan fingerprint density at radius 1 is 1.27 bits per heavy atom. The first-order valence-corrected chi connectivity index (χ1v) is 3.88. The zero-order valence-corrected chi connectivity index (χ0v) is 6.58. The number of nitrogens with two attached hydrogens (primary N) is 2. The number of nitrogens with zero attached hydrogens (tertiary/aromatic N) is 2. The van der Waals surface area contributed by atoms with E-state index in [0.29, 0.717) is 5.96 Å². The molecule has 0 saturated carbocycles. The molecule has 1 aliphatic rings. The minimum Gasteiger partial charge on any atom is -0.340 e. The molecule has 0 radical (unpaired) electrons. The summed E-state index contributed by atoms with van der Waals surface area (Å²) in [7, 11) is 0. The topological polar surface area (TPSA) is 79.7 Å². The highest BCUT2D eigenvalue weighted by Crippen LogP contribution is 2.07. The molecule has 11 heavy (non-hydrogen) atoms. The van der Waals surface area contributed by atoms with Gasteiger partial charge in [0, 0.05) is 13.1 Å². The van der Waals surface area contributed by atoms with Crippen LogP contribution in [0.3, 0.4) is 0 Å². The number of hydrazine groups is 1. The molecule has 1 saturated heterocycles. The van der Waals surface area contributed by atoms with Crippen molar-refractivity contribution in [3.8, 4) is 0 Å². The van der Waals surface area contributed by atoms with E-state index in [1.54, 1.807) is 0 Å². The zero-order valence-electron chi connectivity index (χ0n) is 6.58. The Kier molecular flexibility index (Phi) is 2.97. The quantitative estimate of drug-likeness (QED) is 0.185. The van der Waals surface area contributed by atoms with Crippen molar-refractivity contribution in [2.45, 2.75) is 19.3 Å². The second-order valence-corrected chi connectivity index (χ2v) is 2.64. The van der Waals surface area contributed by atoms with Gasteiger partial charge in [-0.25, -0.2) is 5.84 Å². The lowest BCUT2D eigenvalue weighted by Gasteiger charge is -2.28. The molecule has 0 aromatic carbocycles. The van der Waals surface area contributed by atoms with Crippen LogP contribution in [0.4, 0.5) is 0 Å². The predicted octanol–water partition coefficient (Wildman–Crippen LogP) is -0.835. The normalized spacial score (nSPS) is 20.1. The van der Waals surface area contributed by atoms with Crippen LogP contribution < -0.4 is 17.1 Å². The van der Waals surface area contributed by atoms with Gasteiger partial charge < -0.3 is 10.7 Å². The third-order valence-electron chi connectivity index (χ3n) is 1.91. The SMILES string of the molecule is N/N=C(/NN)N1CCCCC1. The Morgan fingerprint density at radius 3 is 2.36 bits per heavy atom. The summed E-state index contributed by atoms with van der Waals surface area (Å²) in [6, 6.07) is 0. The molecular formula is C6H15N5. The standard InChI is InChI=1S/C6H15N5/c7-9-6(10-8)11-4-2-1-3-5-11/h1-5,7-8H2,(H,9,10). The lowest BCUT2D eigenvalue weighted by Crippen LogP contribution is -2.47. The van der Waals surface area contributed by atoms with Gasteiger partial charge in [0.15, 0.2) is 0 Å². The van der Waals surface area contributed by atoms with Gasteiger partial charge >= 0.3 is 0 Å². The molecule has 0 spiro atoms. The van der Waals surface area contributed by atoms with Crippen molar-refractivity contribution in [2.75, 3.05) is 13.1 Å². The summed E-state index contributed by atoms with van der Waals surface area (Å²) in [5.74, 6) is 10.9. The number of rotatable bonds is 0. The van der Waals surface area contributed by atoms with Gasteiger partial charge in [-0.1, -0.05) is 0 Å². The highest BCUT2D eigenvalue weighted by atomic mass is 15.4. The van der Waals surface area contributed by atoms with E-state index in [4.69, 9.17) is 11.7 Å². The molecule has 0 aromatic rings. The van der Waals surface area contributed by atoms with Crippen LogP contribution in [0, 0.1) is 0 Å². The van der Waals surface area contributed by atoms with Gasteiger partial charge in [-0.3, -0.25) is 5.43 Å². The van der Waals surface area contributed by atoms with E-state index in [1.807, 2.05) is 0 Å². The third-order valence-corrected chi connectivity index (χ3v) is 1.91. The van der Waals surface area contributed by atoms with Gasteiger partial charge in [0.25, 0.3) is 0 Å². The summed E-state index contributed by atoms with van der Waals surface area (Å²) in [5, 5.41) is 3.54. The Morgan fingerprint density at radius 2 is 1.91 bits per heavy atom. The predicted molar refractivity (Wildman–Crippen MR) is 44.4 cm³/mol. The monoisotopic (exact) mass is 157 g/mol. The first-order valence-electron chi connectivity index (χ1n) is 3.88. The number of hydrogen-bond donors (Lipinski definition) is 3. The van der Waals surface area contributed by atoms with Gasteiger partial charge in [-0.15, -0.1) is 5.10 Å².